The van der Waals surface area contributed by atoms with E-state index in [1.54, 1.807) is 4.68 Å². The Morgan fingerprint density at radius 1 is 1.32 bits per heavy atom. The summed E-state index contributed by atoms with van der Waals surface area (Å²) in [6.07, 6.45) is 0. The van der Waals surface area contributed by atoms with Gasteiger partial charge in [-0.25, -0.2) is 0 Å². The van der Waals surface area contributed by atoms with Gasteiger partial charge in [-0.1, -0.05) is 12.1 Å². The third-order valence-corrected chi connectivity index (χ3v) is 3.26. The quantitative estimate of drug-likeness (QED) is 0.880. The molecule has 2 aromatic rings. The normalized spacial score (nSPS) is 10.0. The van der Waals surface area contributed by atoms with Gasteiger partial charge in [0.2, 0.25) is 0 Å². The van der Waals surface area contributed by atoms with Crippen molar-refractivity contribution >= 4 is 24.0 Å². The van der Waals surface area contributed by atoms with Crippen molar-refractivity contribution in [3.8, 4) is 5.75 Å². The number of hydrogen-bond donors (Lipinski definition) is 2. The summed E-state index contributed by atoms with van der Waals surface area (Å²) in [5, 5.41) is 7.02. The predicted molar refractivity (Wildman–Crippen MR) is 88.4 cm³/mol. The zero-order valence-electron chi connectivity index (χ0n) is 12.9. The first-order valence-electron chi connectivity index (χ1n) is 6.73. The van der Waals surface area contributed by atoms with E-state index >= 15 is 0 Å². The molecule has 0 aliphatic carbocycles. The van der Waals surface area contributed by atoms with Gasteiger partial charge in [-0.05, 0) is 31.5 Å². The second-order valence-electron chi connectivity index (χ2n) is 4.86. The van der Waals surface area contributed by atoms with E-state index < -0.39 is 0 Å². The van der Waals surface area contributed by atoms with Crippen molar-refractivity contribution in [1.29, 1.82) is 0 Å². The maximum Gasteiger partial charge on any atom is 0.262 e. The van der Waals surface area contributed by atoms with E-state index in [4.69, 9.17) is 10.5 Å². The summed E-state index contributed by atoms with van der Waals surface area (Å²) in [6, 6.07) is 7.40. The van der Waals surface area contributed by atoms with Crippen LogP contribution in [0.15, 0.2) is 24.3 Å². The van der Waals surface area contributed by atoms with Gasteiger partial charge in [0, 0.05) is 19.3 Å². The van der Waals surface area contributed by atoms with Gasteiger partial charge in [-0.3, -0.25) is 9.48 Å². The number of aromatic nitrogens is 2. The molecule has 120 valence electrons. The molecule has 2 rings (SSSR count). The molecule has 1 aromatic heterocycles. The molecule has 0 aliphatic rings. The van der Waals surface area contributed by atoms with Gasteiger partial charge in [0.1, 0.15) is 5.69 Å². The van der Waals surface area contributed by atoms with Crippen LogP contribution < -0.4 is 15.8 Å². The van der Waals surface area contributed by atoms with Crippen molar-refractivity contribution in [2.45, 2.75) is 20.4 Å². The molecule has 0 fully saturated rings. The molecular weight excluding hydrogens is 304 g/mol. The van der Waals surface area contributed by atoms with Gasteiger partial charge in [0.15, 0.2) is 12.4 Å². The molecule has 7 heteroatoms. The number of hydrogen-bond acceptors (Lipinski definition) is 4. The van der Waals surface area contributed by atoms with Gasteiger partial charge in [-0.2, -0.15) is 5.10 Å². The number of halogens is 1. The van der Waals surface area contributed by atoms with E-state index in [9.17, 15) is 4.79 Å². The molecule has 6 nitrogen and oxygen atoms in total. The highest BCUT2D eigenvalue weighted by Crippen LogP contribution is 2.21. The molecule has 22 heavy (non-hydrogen) atoms. The standard InChI is InChI=1S/C15H20N4O2.ClH/c1-10-15(11(2)19(3)18-10)21-9-14(20)17-13-6-4-12(8-16)5-7-13;/h4-7H,8-9,16H2,1-3H3,(H,17,20);1H. The monoisotopic (exact) mass is 324 g/mol. The molecule has 1 aromatic carbocycles. The van der Waals surface area contributed by atoms with E-state index in [-0.39, 0.29) is 24.9 Å². The number of nitrogens with zero attached hydrogens (tertiary/aromatic N) is 2. The number of carbonyl (C=O) groups is 1. The second-order valence-corrected chi connectivity index (χ2v) is 4.86. The minimum Gasteiger partial charge on any atom is -0.480 e. The molecule has 1 amide bonds. The van der Waals surface area contributed by atoms with Gasteiger partial charge >= 0.3 is 0 Å². The fourth-order valence-corrected chi connectivity index (χ4v) is 2.02. The van der Waals surface area contributed by atoms with E-state index in [1.165, 1.54) is 0 Å². The minimum absolute atomic E-state index is 0. The third kappa shape index (κ3) is 4.22. The highest BCUT2D eigenvalue weighted by molar-refractivity contribution is 5.91. The van der Waals surface area contributed by atoms with Crippen molar-refractivity contribution in [2.24, 2.45) is 12.8 Å². The molecular formula is C15H21ClN4O2. The van der Waals surface area contributed by atoms with E-state index in [0.29, 0.717) is 12.3 Å². The van der Waals surface area contributed by atoms with Gasteiger partial charge in [-0.15, -0.1) is 12.4 Å². The Bertz CT molecular complexity index is 638. The first kappa shape index (κ1) is 18.0. The fraction of sp³-hybridized carbons (Fsp3) is 0.333. The van der Waals surface area contributed by atoms with Crippen LogP contribution >= 0.6 is 12.4 Å². The number of rotatable bonds is 5. The first-order valence-corrected chi connectivity index (χ1v) is 6.73. The maximum atomic E-state index is 11.9. The van der Waals surface area contributed by atoms with Gasteiger partial charge in [0.25, 0.3) is 5.91 Å². The zero-order valence-corrected chi connectivity index (χ0v) is 13.7. The lowest BCUT2D eigenvalue weighted by Gasteiger charge is -2.08. The van der Waals surface area contributed by atoms with Crippen molar-refractivity contribution in [1.82, 2.24) is 9.78 Å². The van der Waals surface area contributed by atoms with Gasteiger partial charge < -0.3 is 15.8 Å². The Kier molecular flexibility index (Phi) is 6.39. The molecule has 0 aliphatic heterocycles. The Hall–Kier alpha value is -2.05. The summed E-state index contributed by atoms with van der Waals surface area (Å²) in [5.74, 6) is 0.448. The summed E-state index contributed by atoms with van der Waals surface area (Å²) in [6.45, 7) is 4.19. The average molecular weight is 325 g/mol. The number of benzene rings is 1. The lowest BCUT2D eigenvalue weighted by atomic mass is 10.2. The molecule has 0 saturated carbocycles. The smallest absolute Gasteiger partial charge is 0.262 e. The van der Waals surface area contributed by atoms with Crippen LogP contribution in [0.1, 0.15) is 17.0 Å². The maximum absolute atomic E-state index is 11.9. The van der Waals surface area contributed by atoms with Crippen molar-refractivity contribution in [3.05, 3.63) is 41.2 Å². The van der Waals surface area contributed by atoms with Crippen LogP contribution in [0.25, 0.3) is 0 Å². The molecule has 3 N–H and O–H groups in total. The van der Waals surface area contributed by atoms with Crippen molar-refractivity contribution < 1.29 is 9.53 Å². The number of nitrogens with two attached hydrogens (primary N) is 1. The SMILES string of the molecule is Cc1nn(C)c(C)c1OCC(=O)Nc1ccc(CN)cc1.Cl. The molecule has 0 unspecified atom stereocenters. The van der Waals surface area contributed by atoms with Crippen LogP contribution in [0.3, 0.4) is 0 Å². The number of amides is 1. The summed E-state index contributed by atoms with van der Waals surface area (Å²) in [4.78, 5) is 11.9. The number of ether oxygens (including phenoxy) is 1. The topological polar surface area (TPSA) is 82.2 Å². The molecule has 0 spiro atoms. The van der Waals surface area contributed by atoms with E-state index in [1.807, 2.05) is 45.2 Å². The molecule has 0 radical (unpaired) electrons. The average Bonchev–Trinajstić information content (AvgIpc) is 2.71. The zero-order chi connectivity index (χ0) is 15.4. The van der Waals surface area contributed by atoms with Crippen LogP contribution in [0.2, 0.25) is 0 Å². The van der Waals surface area contributed by atoms with Crippen LogP contribution in [-0.2, 0) is 18.4 Å². The molecule has 0 saturated heterocycles. The number of nitrogens with one attached hydrogen (secondary N) is 1. The van der Waals surface area contributed by atoms with E-state index in [2.05, 4.69) is 10.4 Å². The molecule has 0 bridgehead atoms. The minimum atomic E-state index is -0.210. The Labute approximate surface area is 136 Å². The Balaban J connectivity index is 0.00000242. The van der Waals surface area contributed by atoms with Crippen LogP contribution in [-0.4, -0.2) is 22.3 Å². The van der Waals surface area contributed by atoms with Gasteiger partial charge in [0.05, 0.1) is 5.69 Å². The molecule has 1 heterocycles. The number of aryl methyl sites for hydroxylation is 2. The largest absolute Gasteiger partial charge is 0.480 e. The highest BCUT2D eigenvalue weighted by atomic mass is 35.5. The first-order chi connectivity index (χ1) is 10.0. The lowest BCUT2D eigenvalue weighted by molar-refractivity contribution is -0.118. The Morgan fingerprint density at radius 2 is 1.95 bits per heavy atom. The third-order valence-electron chi connectivity index (χ3n) is 3.26. The summed E-state index contributed by atoms with van der Waals surface area (Å²) < 4.78 is 7.28. The summed E-state index contributed by atoms with van der Waals surface area (Å²) in [5.41, 5.74) is 8.94. The summed E-state index contributed by atoms with van der Waals surface area (Å²) in [7, 11) is 1.84. The lowest BCUT2D eigenvalue weighted by Crippen LogP contribution is -2.20. The highest BCUT2D eigenvalue weighted by Gasteiger charge is 2.12. The van der Waals surface area contributed by atoms with Crippen LogP contribution in [0.4, 0.5) is 5.69 Å². The van der Waals surface area contributed by atoms with Crippen LogP contribution in [0, 0.1) is 13.8 Å². The predicted octanol–water partition coefficient (Wildman–Crippen LogP) is 1.93. The molecule has 0 atom stereocenters. The van der Waals surface area contributed by atoms with Crippen LogP contribution in [0.5, 0.6) is 5.75 Å². The summed E-state index contributed by atoms with van der Waals surface area (Å²) >= 11 is 0. The fourth-order valence-electron chi connectivity index (χ4n) is 2.02. The van der Waals surface area contributed by atoms with Crippen molar-refractivity contribution in [2.75, 3.05) is 11.9 Å². The van der Waals surface area contributed by atoms with E-state index in [0.717, 1.165) is 22.6 Å². The number of anilines is 1. The second kappa shape index (κ2) is 7.82. The Morgan fingerprint density at radius 3 is 2.45 bits per heavy atom. The van der Waals surface area contributed by atoms with Crippen molar-refractivity contribution in [3.63, 3.8) is 0 Å². The number of carbonyl (C=O) groups excluding carboxylic acids is 1.